The van der Waals surface area contributed by atoms with Crippen LogP contribution in [0.15, 0.2) is 42.5 Å². The second kappa shape index (κ2) is 8.39. The average Bonchev–Trinajstić information content (AvgIpc) is 2.68. The molecule has 0 spiro atoms. The number of carbonyl (C=O) groups excluding carboxylic acids is 1. The highest BCUT2D eigenvalue weighted by Gasteiger charge is 2.26. The highest BCUT2D eigenvalue weighted by atomic mass is 16.1. The van der Waals surface area contributed by atoms with E-state index in [2.05, 4.69) is 73.5 Å². The molecule has 0 saturated carbocycles. The minimum absolute atomic E-state index is 0.103. The topological polar surface area (TPSA) is 32.3 Å². The highest BCUT2D eigenvalue weighted by Crippen LogP contribution is 2.27. The molecule has 138 valence electrons. The van der Waals surface area contributed by atoms with E-state index in [0.717, 1.165) is 44.5 Å². The van der Waals surface area contributed by atoms with Crippen molar-refractivity contribution in [2.75, 3.05) is 23.3 Å². The van der Waals surface area contributed by atoms with E-state index in [4.69, 9.17) is 0 Å². The molecule has 1 amide bonds. The Morgan fingerprint density at radius 3 is 2.12 bits per heavy atom. The molecule has 0 aromatic heterocycles. The number of aryl methyl sites for hydroxylation is 3. The smallest absolute Gasteiger partial charge is 0.227 e. The van der Waals surface area contributed by atoms with Gasteiger partial charge in [-0.15, -0.1) is 0 Å². The van der Waals surface area contributed by atoms with Gasteiger partial charge in [0.2, 0.25) is 5.91 Å². The molecule has 0 unspecified atom stereocenters. The molecule has 1 heterocycles. The van der Waals surface area contributed by atoms with Crippen LogP contribution in [0.2, 0.25) is 0 Å². The molecule has 0 bridgehead atoms. The maximum absolute atomic E-state index is 12.9. The Hall–Kier alpha value is -2.29. The molecule has 3 heteroatoms. The Kier molecular flexibility index (Phi) is 5.97. The number of benzene rings is 2. The highest BCUT2D eigenvalue weighted by molar-refractivity contribution is 5.94. The van der Waals surface area contributed by atoms with Crippen LogP contribution in [0.4, 0.5) is 11.4 Å². The summed E-state index contributed by atoms with van der Waals surface area (Å²) >= 11 is 0. The number of hydrogen-bond donors (Lipinski definition) is 1. The molecule has 3 rings (SSSR count). The number of anilines is 2. The van der Waals surface area contributed by atoms with Gasteiger partial charge in [0.1, 0.15) is 0 Å². The maximum atomic E-state index is 12.9. The van der Waals surface area contributed by atoms with E-state index >= 15 is 0 Å². The van der Waals surface area contributed by atoms with Crippen LogP contribution in [0.3, 0.4) is 0 Å². The third-order valence-electron chi connectivity index (χ3n) is 5.51. The van der Waals surface area contributed by atoms with Gasteiger partial charge in [-0.1, -0.05) is 49.7 Å². The van der Waals surface area contributed by atoms with Crippen LogP contribution in [0, 0.1) is 12.8 Å². The molecule has 1 N–H and O–H groups in total. The molecule has 0 aliphatic carbocycles. The maximum Gasteiger partial charge on any atom is 0.227 e. The number of carbonyl (C=O) groups is 1. The summed E-state index contributed by atoms with van der Waals surface area (Å²) in [5.74, 6) is 0.287. The minimum atomic E-state index is 0.103. The van der Waals surface area contributed by atoms with Crippen molar-refractivity contribution in [2.45, 2.75) is 46.5 Å². The van der Waals surface area contributed by atoms with E-state index in [0.29, 0.717) is 0 Å². The van der Waals surface area contributed by atoms with Crippen molar-refractivity contribution in [1.29, 1.82) is 0 Å². The predicted molar refractivity (Wildman–Crippen MR) is 110 cm³/mol. The Morgan fingerprint density at radius 1 is 1.00 bits per heavy atom. The average molecular weight is 351 g/mol. The number of amides is 1. The molecule has 2 aromatic carbocycles. The SMILES string of the molecule is CCc1cccc(CC)c1NC(=O)C1CCN(c2ccc(C)cc2)CC1. The van der Waals surface area contributed by atoms with Crippen LogP contribution in [0.1, 0.15) is 43.4 Å². The van der Waals surface area contributed by atoms with Gasteiger partial charge in [-0.05, 0) is 55.9 Å². The summed E-state index contributed by atoms with van der Waals surface area (Å²) < 4.78 is 0. The number of rotatable bonds is 5. The van der Waals surface area contributed by atoms with Crippen LogP contribution in [-0.2, 0) is 17.6 Å². The summed E-state index contributed by atoms with van der Waals surface area (Å²) in [4.78, 5) is 15.3. The zero-order valence-corrected chi connectivity index (χ0v) is 16.2. The molecule has 0 atom stereocenters. The summed E-state index contributed by atoms with van der Waals surface area (Å²) in [6.07, 6.45) is 3.70. The second-order valence-electron chi connectivity index (χ2n) is 7.24. The van der Waals surface area contributed by atoms with Gasteiger partial charge >= 0.3 is 0 Å². The van der Waals surface area contributed by atoms with Crippen LogP contribution in [0.25, 0.3) is 0 Å². The van der Waals surface area contributed by atoms with E-state index in [9.17, 15) is 4.79 Å². The normalized spacial score (nSPS) is 15.1. The fraction of sp³-hybridized carbons (Fsp3) is 0.435. The number of hydrogen-bond acceptors (Lipinski definition) is 2. The molecular formula is C23H30N2O. The Balaban J connectivity index is 1.63. The fourth-order valence-corrected chi connectivity index (χ4v) is 3.78. The van der Waals surface area contributed by atoms with E-state index in [-0.39, 0.29) is 11.8 Å². The summed E-state index contributed by atoms with van der Waals surface area (Å²) in [5.41, 5.74) is 6.05. The van der Waals surface area contributed by atoms with Gasteiger partial charge in [0.15, 0.2) is 0 Å². The number of nitrogens with one attached hydrogen (secondary N) is 1. The second-order valence-corrected chi connectivity index (χ2v) is 7.24. The Bertz CT molecular complexity index is 721. The number of piperidine rings is 1. The zero-order valence-electron chi connectivity index (χ0n) is 16.2. The van der Waals surface area contributed by atoms with Gasteiger partial charge in [0, 0.05) is 30.4 Å². The molecule has 1 fully saturated rings. The van der Waals surface area contributed by atoms with E-state index in [1.54, 1.807) is 0 Å². The van der Waals surface area contributed by atoms with Crippen LogP contribution >= 0.6 is 0 Å². The van der Waals surface area contributed by atoms with Crippen LogP contribution in [-0.4, -0.2) is 19.0 Å². The fourth-order valence-electron chi connectivity index (χ4n) is 3.78. The van der Waals surface area contributed by atoms with Gasteiger partial charge in [-0.2, -0.15) is 0 Å². The van der Waals surface area contributed by atoms with Crippen molar-refractivity contribution in [2.24, 2.45) is 5.92 Å². The molecule has 26 heavy (non-hydrogen) atoms. The molecule has 1 aliphatic heterocycles. The summed E-state index contributed by atoms with van der Waals surface area (Å²) in [6.45, 7) is 8.28. The molecular weight excluding hydrogens is 320 g/mol. The standard InChI is InChI=1S/C23H30N2O/c1-4-18-7-6-8-19(5-2)22(18)24-23(26)20-13-15-25(16-14-20)21-11-9-17(3)10-12-21/h6-12,20H,4-5,13-16H2,1-3H3,(H,24,26). The Morgan fingerprint density at radius 2 is 1.58 bits per heavy atom. The molecule has 1 saturated heterocycles. The summed E-state index contributed by atoms with van der Waals surface area (Å²) in [7, 11) is 0. The predicted octanol–water partition coefficient (Wildman–Crippen LogP) is 4.97. The lowest BCUT2D eigenvalue weighted by Crippen LogP contribution is -2.38. The number of nitrogens with zero attached hydrogens (tertiary/aromatic N) is 1. The largest absolute Gasteiger partial charge is 0.371 e. The lowest BCUT2D eigenvalue weighted by atomic mass is 9.94. The van der Waals surface area contributed by atoms with E-state index in [1.165, 1.54) is 22.4 Å². The van der Waals surface area contributed by atoms with Crippen molar-refractivity contribution in [3.05, 3.63) is 59.2 Å². The molecule has 3 nitrogen and oxygen atoms in total. The van der Waals surface area contributed by atoms with Crippen LogP contribution in [0.5, 0.6) is 0 Å². The van der Waals surface area contributed by atoms with Gasteiger partial charge in [-0.25, -0.2) is 0 Å². The molecule has 0 radical (unpaired) electrons. The summed E-state index contributed by atoms with van der Waals surface area (Å²) in [6, 6.07) is 15.0. The molecule has 1 aliphatic rings. The van der Waals surface area contributed by atoms with Crippen LogP contribution < -0.4 is 10.2 Å². The lowest BCUT2D eigenvalue weighted by Gasteiger charge is -2.33. The third kappa shape index (κ3) is 4.09. The molecule has 2 aromatic rings. The van der Waals surface area contributed by atoms with Crippen molar-refractivity contribution in [1.82, 2.24) is 0 Å². The van der Waals surface area contributed by atoms with Crippen molar-refractivity contribution in [3.8, 4) is 0 Å². The third-order valence-corrected chi connectivity index (χ3v) is 5.51. The quantitative estimate of drug-likeness (QED) is 0.825. The van der Waals surface area contributed by atoms with Gasteiger partial charge < -0.3 is 10.2 Å². The lowest BCUT2D eigenvalue weighted by molar-refractivity contribution is -0.120. The first-order chi connectivity index (χ1) is 12.6. The van der Waals surface area contributed by atoms with Gasteiger partial charge in [-0.3, -0.25) is 4.79 Å². The van der Waals surface area contributed by atoms with Crippen molar-refractivity contribution in [3.63, 3.8) is 0 Å². The van der Waals surface area contributed by atoms with E-state index < -0.39 is 0 Å². The first-order valence-electron chi connectivity index (χ1n) is 9.85. The van der Waals surface area contributed by atoms with Gasteiger partial charge in [0.05, 0.1) is 0 Å². The van der Waals surface area contributed by atoms with E-state index in [1.807, 2.05) is 0 Å². The zero-order chi connectivity index (χ0) is 18.5. The van der Waals surface area contributed by atoms with Gasteiger partial charge in [0.25, 0.3) is 0 Å². The minimum Gasteiger partial charge on any atom is -0.371 e. The first-order valence-corrected chi connectivity index (χ1v) is 9.85. The monoisotopic (exact) mass is 350 g/mol. The number of para-hydroxylation sites is 1. The first kappa shape index (κ1) is 18.5. The Labute approximate surface area is 157 Å². The van der Waals surface area contributed by atoms with Crippen molar-refractivity contribution < 1.29 is 4.79 Å². The van der Waals surface area contributed by atoms with Crippen molar-refractivity contribution >= 4 is 17.3 Å². The summed E-state index contributed by atoms with van der Waals surface area (Å²) in [5, 5.41) is 3.26.